The van der Waals surface area contributed by atoms with Gasteiger partial charge in [0.2, 0.25) is 0 Å². The predicted molar refractivity (Wildman–Crippen MR) is 156 cm³/mol. The highest BCUT2D eigenvalue weighted by atomic mass is 31.2. The average molecular weight is 495 g/mol. The Morgan fingerprint density at radius 3 is 0.941 bits per heavy atom. The normalized spacial score (nSPS) is 10.8. The molecule has 0 aliphatic carbocycles. The number of unbranched alkanes of at least 4 members (excludes halogenated alkanes) is 16. The van der Waals surface area contributed by atoms with Gasteiger partial charge in [-0.1, -0.05) is 124 Å². The van der Waals surface area contributed by atoms with E-state index in [1.54, 1.807) is 36.4 Å². The Kier molecular flexibility index (Phi) is 31.5. The quantitative estimate of drug-likeness (QED) is 0.0628. The van der Waals surface area contributed by atoms with Gasteiger partial charge in [-0.3, -0.25) is 0 Å². The fourth-order valence-electron chi connectivity index (χ4n) is 4.82. The van der Waals surface area contributed by atoms with Crippen molar-refractivity contribution in [3.05, 3.63) is 0 Å². The Balaban J connectivity index is 0. The zero-order valence-corrected chi connectivity index (χ0v) is 24.7. The van der Waals surface area contributed by atoms with E-state index in [1.165, 1.54) is 134 Å². The number of nitrogens with zero attached hydrogens (tertiary/aromatic N) is 2. The number of nitriles is 2. The largest absolute Gasteiger partial charge is 0.229 e. The minimum Gasteiger partial charge on any atom is -0.229 e. The van der Waals surface area contributed by atoms with E-state index in [0.29, 0.717) is 0 Å². The van der Waals surface area contributed by atoms with Crippen LogP contribution < -0.4 is 5.32 Å². The summed E-state index contributed by atoms with van der Waals surface area (Å²) in [5.74, 6) is 0. The van der Waals surface area contributed by atoms with Gasteiger partial charge in [0, 0.05) is 7.26 Å². The highest BCUT2D eigenvalue weighted by Crippen LogP contribution is 2.61. The minimum atomic E-state index is -0.630. The first-order chi connectivity index (χ1) is 16.7. The number of hydrogen-bond donors (Lipinski definition) is 1. The minimum absolute atomic E-state index is 0.630. The summed E-state index contributed by atoms with van der Waals surface area (Å²) < 4.78 is 0. The molecule has 0 aliphatic rings. The standard InChI is InChI=1S/C28H60P.C2HN3/c1-5-9-13-14-15-16-17-18-19-20-21-22-23-24-28-29(25-10-6-2,26-11-7-3)27-12-8-4;3-1-5-2-4/h5-28H2,1-4H3;5H/q+1;. The second-order valence-corrected chi connectivity index (χ2v) is 14.7. The summed E-state index contributed by atoms with van der Waals surface area (Å²) in [6.45, 7) is 9.48. The van der Waals surface area contributed by atoms with Gasteiger partial charge >= 0.3 is 0 Å². The Morgan fingerprint density at radius 1 is 0.412 bits per heavy atom. The first-order valence-corrected chi connectivity index (χ1v) is 17.6. The zero-order chi connectivity index (χ0) is 25.6. The molecule has 0 bridgehead atoms. The summed E-state index contributed by atoms with van der Waals surface area (Å²) in [6.07, 6.45) is 38.8. The second kappa shape index (κ2) is 30.2. The molecule has 0 saturated heterocycles. The zero-order valence-electron chi connectivity index (χ0n) is 23.8. The van der Waals surface area contributed by atoms with Gasteiger partial charge in [0.25, 0.3) is 0 Å². The van der Waals surface area contributed by atoms with Gasteiger partial charge in [0.15, 0.2) is 12.4 Å². The maximum atomic E-state index is 7.48. The highest BCUT2D eigenvalue weighted by Gasteiger charge is 2.34. The van der Waals surface area contributed by atoms with Crippen molar-refractivity contribution in [2.45, 2.75) is 156 Å². The van der Waals surface area contributed by atoms with Crippen LogP contribution in [0.4, 0.5) is 0 Å². The molecule has 0 amide bonds. The molecule has 0 aliphatic heterocycles. The molecular formula is C30H61N3P+. The fourth-order valence-corrected chi connectivity index (χ4v) is 10.0. The maximum absolute atomic E-state index is 7.48. The van der Waals surface area contributed by atoms with Crippen LogP contribution in [0.2, 0.25) is 0 Å². The van der Waals surface area contributed by atoms with Crippen LogP contribution in [0.25, 0.3) is 0 Å². The third-order valence-corrected chi connectivity index (χ3v) is 12.1. The van der Waals surface area contributed by atoms with Crippen LogP contribution in [0, 0.1) is 22.9 Å². The molecule has 0 unspecified atom stereocenters. The summed E-state index contributed by atoms with van der Waals surface area (Å²) in [7, 11) is -0.630. The van der Waals surface area contributed by atoms with Crippen LogP contribution >= 0.6 is 7.26 Å². The molecule has 1 N–H and O–H groups in total. The topological polar surface area (TPSA) is 59.6 Å². The molecule has 0 rings (SSSR count). The third-order valence-electron chi connectivity index (χ3n) is 7.06. The summed E-state index contributed by atoms with van der Waals surface area (Å²) in [5.41, 5.74) is 0. The van der Waals surface area contributed by atoms with Gasteiger partial charge in [-0.2, -0.15) is 10.5 Å². The van der Waals surface area contributed by atoms with Crippen molar-refractivity contribution in [3.63, 3.8) is 0 Å². The van der Waals surface area contributed by atoms with E-state index in [0.717, 1.165) is 0 Å². The van der Waals surface area contributed by atoms with Crippen LogP contribution in [-0.2, 0) is 0 Å². The van der Waals surface area contributed by atoms with Crippen LogP contribution in [0.3, 0.4) is 0 Å². The maximum Gasteiger partial charge on any atom is 0.190 e. The Labute approximate surface area is 216 Å². The van der Waals surface area contributed by atoms with E-state index >= 15 is 0 Å². The van der Waals surface area contributed by atoms with Gasteiger partial charge in [0.1, 0.15) is 0 Å². The van der Waals surface area contributed by atoms with E-state index in [-0.39, 0.29) is 0 Å². The molecule has 0 saturated carbocycles. The lowest BCUT2D eigenvalue weighted by molar-refractivity contribution is 0.538. The predicted octanol–water partition coefficient (Wildman–Crippen LogP) is 10.4. The monoisotopic (exact) mass is 494 g/mol. The first-order valence-electron chi connectivity index (χ1n) is 15.0. The molecule has 3 nitrogen and oxygen atoms in total. The SMILES string of the molecule is CCCCCCCCCCCCCCCC[P+](CCCC)(CCCC)CCCC.N#CNC#N. The lowest BCUT2D eigenvalue weighted by Gasteiger charge is -2.28. The van der Waals surface area contributed by atoms with Gasteiger partial charge in [0.05, 0.1) is 24.6 Å². The molecule has 0 radical (unpaired) electrons. The van der Waals surface area contributed by atoms with Gasteiger partial charge in [-0.15, -0.1) is 0 Å². The molecule has 4 heteroatoms. The highest BCUT2D eigenvalue weighted by molar-refractivity contribution is 7.75. The van der Waals surface area contributed by atoms with Crippen molar-refractivity contribution in [3.8, 4) is 12.4 Å². The summed E-state index contributed by atoms with van der Waals surface area (Å²) in [6, 6.07) is 0. The fraction of sp³-hybridized carbons (Fsp3) is 0.933. The molecule has 0 fully saturated rings. The number of rotatable bonds is 24. The molecule has 0 aromatic heterocycles. The first kappa shape index (κ1) is 35.4. The van der Waals surface area contributed by atoms with E-state index in [1.807, 2.05) is 0 Å². The lowest BCUT2D eigenvalue weighted by Crippen LogP contribution is -2.13. The van der Waals surface area contributed by atoms with Crippen molar-refractivity contribution in [2.75, 3.05) is 24.6 Å². The van der Waals surface area contributed by atoms with E-state index in [4.69, 9.17) is 10.5 Å². The van der Waals surface area contributed by atoms with Crippen LogP contribution in [0.5, 0.6) is 0 Å². The molecule has 0 atom stereocenters. The Bertz CT molecular complexity index is 433. The van der Waals surface area contributed by atoms with Gasteiger partial charge in [-0.05, 0) is 32.1 Å². The average Bonchev–Trinajstić information content (AvgIpc) is 2.85. The summed E-state index contributed by atoms with van der Waals surface area (Å²) in [4.78, 5) is 0. The lowest BCUT2D eigenvalue weighted by atomic mass is 10.0. The smallest absolute Gasteiger partial charge is 0.190 e. The van der Waals surface area contributed by atoms with Crippen molar-refractivity contribution in [1.29, 1.82) is 10.5 Å². The van der Waals surface area contributed by atoms with E-state index in [2.05, 4.69) is 27.7 Å². The number of hydrogen-bond acceptors (Lipinski definition) is 3. The van der Waals surface area contributed by atoms with Crippen molar-refractivity contribution in [2.24, 2.45) is 0 Å². The summed E-state index contributed by atoms with van der Waals surface area (Å²) in [5, 5.41) is 16.7. The molecule has 0 aromatic carbocycles. The number of nitrogens with one attached hydrogen (secondary N) is 1. The molecule has 0 heterocycles. The Morgan fingerprint density at radius 2 is 0.676 bits per heavy atom. The van der Waals surface area contributed by atoms with Gasteiger partial charge in [-0.25, -0.2) is 5.32 Å². The van der Waals surface area contributed by atoms with Crippen LogP contribution in [0.1, 0.15) is 156 Å². The van der Waals surface area contributed by atoms with E-state index in [9.17, 15) is 0 Å². The van der Waals surface area contributed by atoms with Crippen molar-refractivity contribution < 1.29 is 0 Å². The van der Waals surface area contributed by atoms with Crippen molar-refractivity contribution >= 4 is 7.26 Å². The Hall–Kier alpha value is -0.790. The third kappa shape index (κ3) is 25.8. The van der Waals surface area contributed by atoms with Crippen LogP contribution in [-0.4, -0.2) is 24.6 Å². The molecule has 200 valence electrons. The van der Waals surface area contributed by atoms with E-state index < -0.39 is 7.26 Å². The van der Waals surface area contributed by atoms with Crippen molar-refractivity contribution in [1.82, 2.24) is 5.32 Å². The van der Waals surface area contributed by atoms with Crippen LogP contribution in [0.15, 0.2) is 0 Å². The molecule has 0 aromatic rings. The molecule has 0 spiro atoms. The molecule has 34 heavy (non-hydrogen) atoms. The second-order valence-electron chi connectivity index (χ2n) is 10.2. The summed E-state index contributed by atoms with van der Waals surface area (Å²) >= 11 is 0. The molecular weight excluding hydrogens is 433 g/mol. The van der Waals surface area contributed by atoms with Gasteiger partial charge < -0.3 is 0 Å².